The van der Waals surface area contributed by atoms with E-state index < -0.39 is 17.8 Å². The number of hydrogen-bond acceptors (Lipinski definition) is 4. The van der Waals surface area contributed by atoms with Crippen molar-refractivity contribution in [2.24, 2.45) is 0 Å². The fraction of sp³-hybridized carbons (Fsp3) is 0.400. The van der Waals surface area contributed by atoms with Crippen molar-refractivity contribution in [1.82, 2.24) is 15.5 Å². The van der Waals surface area contributed by atoms with Crippen LogP contribution in [0, 0.1) is 0 Å². The summed E-state index contributed by atoms with van der Waals surface area (Å²) in [5.74, 6) is 0. The number of anilines is 2. The second-order valence-electron chi connectivity index (χ2n) is 5.24. The average Bonchev–Trinajstić information content (AvgIpc) is 2.97. The molecule has 0 bridgehead atoms. The number of nitrogens with one attached hydrogen (secondary N) is 2. The molecule has 25 heavy (non-hydrogen) atoms. The molecule has 0 aliphatic rings. The second kappa shape index (κ2) is 8.87. The molecule has 0 saturated heterocycles. The standard InChI is InChI=1S/C15H17F3N4O2Se/c16-15(17,18)10-5-7-11(8-6-10)20-13-22-21-12(25-13)4-2-1-3-9-19-14(23)24/h5-8,19H,1-4,9H2,(H,20,22)(H,23,24). The van der Waals surface area contributed by atoms with Gasteiger partial charge >= 0.3 is 148 Å². The van der Waals surface area contributed by atoms with Crippen molar-refractivity contribution in [3.05, 3.63) is 34.4 Å². The Labute approximate surface area is 148 Å². The summed E-state index contributed by atoms with van der Waals surface area (Å²) >= 11 is -0.0674. The number of benzene rings is 1. The molecule has 1 heterocycles. The van der Waals surface area contributed by atoms with Gasteiger partial charge in [-0.05, 0) is 0 Å². The van der Waals surface area contributed by atoms with Crippen molar-refractivity contribution in [1.29, 1.82) is 0 Å². The van der Waals surface area contributed by atoms with Gasteiger partial charge in [0.05, 0.1) is 0 Å². The molecule has 10 heteroatoms. The number of alkyl halides is 3. The average molecular weight is 421 g/mol. The van der Waals surface area contributed by atoms with Crippen LogP contribution in [-0.2, 0) is 12.6 Å². The van der Waals surface area contributed by atoms with Crippen LogP contribution in [0.2, 0.25) is 0 Å². The van der Waals surface area contributed by atoms with Gasteiger partial charge in [-0.25, -0.2) is 0 Å². The molecule has 2 rings (SSSR count). The number of amides is 1. The molecule has 136 valence electrons. The van der Waals surface area contributed by atoms with Crippen molar-refractivity contribution in [2.45, 2.75) is 31.9 Å². The van der Waals surface area contributed by atoms with E-state index in [1.165, 1.54) is 12.1 Å². The van der Waals surface area contributed by atoms with Crippen LogP contribution in [0.25, 0.3) is 0 Å². The molecule has 2 aromatic rings. The number of unbranched alkanes of at least 4 members (excludes halogenated alkanes) is 2. The topological polar surface area (TPSA) is 87.1 Å². The predicted octanol–water partition coefficient (Wildman–Crippen LogP) is 3.28. The number of halogens is 3. The fourth-order valence-electron chi connectivity index (χ4n) is 2.04. The summed E-state index contributed by atoms with van der Waals surface area (Å²) in [4.78, 5) is 10.3. The van der Waals surface area contributed by atoms with E-state index in [2.05, 4.69) is 20.8 Å². The Morgan fingerprint density at radius 3 is 2.48 bits per heavy atom. The third-order valence-electron chi connectivity index (χ3n) is 3.27. The van der Waals surface area contributed by atoms with E-state index >= 15 is 0 Å². The molecule has 3 N–H and O–H groups in total. The van der Waals surface area contributed by atoms with E-state index in [1.807, 2.05) is 0 Å². The van der Waals surface area contributed by atoms with Crippen LogP contribution >= 0.6 is 0 Å². The van der Waals surface area contributed by atoms with Gasteiger partial charge in [0, 0.05) is 0 Å². The van der Waals surface area contributed by atoms with Crippen molar-refractivity contribution in [2.75, 3.05) is 11.9 Å². The summed E-state index contributed by atoms with van der Waals surface area (Å²) in [7, 11) is 0. The van der Waals surface area contributed by atoms with E-state index in [-0.39, 0.29) is 14.5 Å². The van der Waals surface area contributed by atoms with E-state index in [1.54, 1.807) is 0 Å². The van der Waals surface area contributed by atoms with Gasteiger partial charge in [-0.15, -0.1) is 0 Å². The number of rotatable bonds is 8. The molecule has 0 fully saturated rings. The van der Waals surface area contributed by atoms with Crippen LogP contribution < -0.4 is 10.6 Å². The molecule has 0 saturated carbocycles. The molecule has 1 aromatic carbocycles. The molecular weight excluding hydrogens is 404 g/mol. The van der Waals surface area contributed by atoms with Gasteiger partial charge in [0.1, 0.15) is 0 Å². The zero-order valence-corrected chi connectivity index (χ0v) is 14.9. The fourth-order valence-corrected chi connectivity index (χ4v) is 3.73. The van der Waals surface area contributed by atoms with Crippen LogP contribution in [0.4, 0.5) is 28.3 Å². The Morgan fingerprint density at radius 1 is 1.12 bits per heavy atom. The van der Waals surface area contributed by atoms with Crippen molar-refractivity contribution >= 4 is 31.0 Å². The molecule has 0 atom stereocenters. The van der Waals surface area contributed by atoms with Crippen LogP contribution in [0.5, 0.6) is 0 Å². The van der Waals surface area contributed by atoms with Gasteiger partial charge in [-0.1, -0.05) is 0 Å². The number of carbonyl (C=O) groups is 1. The van der Waals surface area contributed by atoms with E-state index in [0.717, 1.165) is 42.4 Å². The van der Waals surface area contributed by atoms with Crippen LogP contribution in [-0.4, -0.2) is 42.4 Å². The van der Waals surface area contributed by atoms with E-state index in [9.17, 15) is 18.0 Å². The maximum absolute atomic E-state index is 12.5. The first-order chi connectivity index (χ1) is 11.8. The monoisotopic (exact) mass is 422 g/mol. The summed E-state index contributed by atoms with van der Waals surface area (Å²) in [6.45, 7) is 0.435. The third-order valence-corrected chi connectivity index (χ3v) is 5.16. The van der Waals surface area contributed by atoms with Gasteiger partial charge in [-0.2, -0.15) is 0 Å². The molecule has 0 radical (unpaired) electrons. The van der Waals surface area contributed by atoms with Gasteiger partial charge in [0.2, 0.25) is 0 Å². The number of aromatic nitrogens is 2. The predicted molar refractivity (Wildman–Crippen MR) is 87.3 cm³/mol. The zero-order valence-electron chi connectivity index (χ0n) is 13.1. The summed E-state index contributed by atoms with van der Waals surface area (Å²) in [5, 5.41) is 21.9. The molecule has 1 aromatic heterocycles. The van der Waals surface area contributed by atoms with Crippen molar-refractivity contribution < 1.29 is 23.1 Å². The van der Waals surface area contributed by atoms with Gasteiger partial charge in [0.25, 0.3) is 0 Å². The normalized spacial score (nSPS) is 11.3. The van der Waals surface area contributed by atoms with Crippen LogP contribution in [0.1, 0.15) is 29.4 Å². The van der Waals surface area contributed by atoms with Crippen molar-refractivity contribution in [3.8, 4) is 0 Å². The van der Waals surface area contributed by atoms with Gasteiger partial charge < -0.3 is 0 Å². The number of carboxylic acid groups (broad SMARTS) is 1. The first-order valence-corrected chi connectivity index (χ1v) is 9.29. The zero-order chi connectivity index (χ0) is 18.3. The van der Waals surface area contributed by atoms with Gasteiger partial charge in [-0.3, -0.25) is 0 Å². The van der Waals surface area contributed by atoms with Crippen molar-refractivity contribution in [3.63, 3.8) is 0 Å². The molecule has 0 aliphatic carbocycles. The summed E-state index contributed by atoms with van der Waals surface area (Å²) in [5.41, 5.74) is -0.143. The third kappa shape index (κ3) is 6.75. The van der Waals surface area contributed by atoms with Gasteiger partial charge in [0.15, 0.2) is 0 Å². The van der Waals surface area contributed by atoms with E-state index in [0.29, 0.717) is 16.9 Å². The quantitative estimate of drug-likeness (QED) is 0.450. The Kier molecular flexibility index (Phi) is 6.83. The summed E-state index contributed by atoms with van der Waals surface area (Å²) in [6, 6.07) is 4.79. The SMILES string of the molecule is O=C(O)NCCCCCc1nnc(Nc2ccc(C(F)(F)F)cc2)[se]1. The van der Waals surface area contributed by atoms with Crippen LogP contribution in [0.3, 0.4) is 0 Å². The molecule has 1 amide bonds. The summed E-state index contributed by atoms with van der Waals surface area (Å²) in [6.07, 6.45) is -2.03. The van der Waals surface area contributed by atoms with Crippen LogP contribution in [0.15, 0.2) is 24.3 Å². The maximum atomic E-state index is 12.5. The summed E-state index contributed by atoms with van der Waals surface area (Å²) < 4.78 is 39.2. The number of aryl methyl sites for hydroxylation is 1. The molecule has 0 aliphatic heterocycles. The molecule has 0 unspecified atom stereocenters. The first kappa shape index (κ1) is 19.3. The first-order valence-electron chi connectivity index (χ1n) is 7.58. The second-order valence-corrected chi connectivity index (χ2v) is 7.47. The Balaban J connectivity index is 1.76. The minimum atomic E-state index is -4.34. The Morgan fingerprint density at radius 2 is 1.84 bits per heavy atom. The molecule has 0 spiro atoms. The number of nitrogens with zero attached hydrogens (tertiary/aromatic N) is 2. The number of hydrogen-bond donors (Lipinski definition) is 3. The Bertz CT molecular complexity index is 689. The Hall–Kier alpha value is -2.06. The molecular formula is C15H17F3N4O2Se. The molecule has 6 nitrogen and oxygen atoms in total. The van der Waals surface area contributed by atoms with E-state index in [4.69, 9.17) is 5.11 Å². The minimum absolute atomic E-state index is 0.0674.